The zero-order chi connectivity index (χ0) is 20.2. The molecule has 0 fully saturated rings. The van der Waals surface area contributed by atoms with Gasteiger partial charge in [0, 0.05) is 0 Å². The Bertz CT molecular complexity index is 684. The quantitative estimate of drug-likeness (QED) is 0.524. The number of benzene rings is 2. The van der Waals surface area contributed by atoms with Crippen LogP contribution in [0, 0.1) is 11.8 Å². The van der Waals surface area contributed by atoms with Gasteiger partial charge in [0.2, 0.25) is 16.6 Å². The van der Waals surface area contributed by atoms with E-state index in [1.807, 2.05) is 0 Å². The highest BCUT2D eigenvalue weighted by molar-refractivity contribution is 6.96. The first kappa shape index (κ1) is 22.1. The van der Waals surface area contributed by atoms with Crippen molar-refractivity contribution in [1.29, 1.82) is 0 Å². The maximum Gasteiger partial charge on any atom is 0.206 e. The Hall–Kier alpha value is -1.17. The SMILES string of the molecule is CC(C)Cc1cccc([Si](C)(C)O[Si](C)(C)c2cccc(CC(C)C)c2)c1. The van der Waals surface area contributed by atoms with Gasteiger partial charge in [-0.1, -0.05) is 76.2 Å². The van der Waals surface area contributed by atoms with Gasteiger partial charge in [0.05, 0.1) is 0 Å². The first-order chi connectivity index (χ1) is 12.5. The summed E-state index contributed by atoms with van der Waals surface area (Å²) in [6.45, 7) is 18.6. The average molecular weight is 399 g/mol. The van der Waals surface area contributed by atoms with Crippen molar-refractivity contribution in [2.24, 2.45) is 11.8 Å². The maximum atomic E-state index is 7.00. The van der Waals surface area contributed by atoms with E-state index in [4.69, 9.17) is 4.12 Å². The van der Waals surface area contributed by atoms with Gasteiger partial charge in [-0.3, -0.25) is 0 Å². The molecule has 0 aliphatic heterocycles. The third kappa shape index (κ3) is 6.44. The molecule has 0 atom stereocenters. The van der Waals surface area contributed by atoms with Gasteiger partial charge in [-0.15, -0.1) is 0 Å². The first-order valence-corrected chi connectivity index (χ1v) is 16.2. The minimum Gasteiger partial charge on any atom is -0.449 e. The molecule has 27 heavy (non-hydrogen) atoms. The second-order valence-corrected chi connectivity index (χ2v) is 17.7. The summed E-state index contributed by atoms with van der Waals surface area (Å²) in [4.78, 5) is 0. The van der Waals surface area contributed by atoms with Crippen molar-refractivity contribution >= 4 is 27.0 Å². The highest BCUT2D eigenvalue weighted by atomic mass is 28.4. The molecule has 2 rings (SSSR count). The van der Waals surface area contributed by atoms with Gasteiger partial charge in [-0.25, -0.2) is 0 Å². The summed E-state index contributed by atoms with van der Waals surface area (Å²) in [5.74, 6) is 1.36. The fourth-order valence-corrected chi connectivity index (χ4v) is 12.0. The fourth-order valence-electron chi connectivity index (χ4n) is 3.84. The lowest BCUT2D eigenvalue weighted by Gasteiger charge is -2.35. The van der Waals surface area contributed by atoms with Crippen molar-refractivity contribution < 1.29 is 4.12 Å². The van der Waals surface area contributed by atoms with Crippen LogP contribution in [0.25, 0.3) is 0 Å². The fraction of sp³-hybridized carbons (Fsp3) is 0.500. The summed E-state index contributed by atoms with van der Waals surface area (Å²) in [6.07, 6.45) is 2.27. The van der Waals surface area contributed by atoms with Gasteiger partial charge >= 0.3 is 0 Å². The number of hydrogen-bond donors (Lipinski definition) is 0. The summed E-state index contributed by atoms with van der Waals surface area (Å²) in [7, 11) is -3.94. The Morgan fingerprint density at radius 1 is 0.667 bits per heavy atom. The number of rotatable bonds is 8. The molecule has 0 saturated heterocycles. The Morgan fingerprint density at radius 2 is 1.04 bits per heavy atom. The molecular weight excluding hydrogens is 360 g/mol. The minimum atomic E-state index is -1.97. The molecule has 2 aromatic rings. The predicted molar refractivity (Wildman–Crippen MR) is 125 cm³/mol. The van der Waals surface area contributed by atoms with Crippen molar-refractivity contribution in [1.82, 2.24) is 0 Å². The zero-order valence-corrected chi connectivity index (χ0v) is 20.6. The van der Waals surface area contributed by atoms with Crippen molar-refractivity contribution in [3.8, 4) is 0 Å². The molecule has 1 nitrogen and oxygen atoms in total. The molecule has 0 spiro atoms. The third-order valence-corrected chi connectivity index (χ3v) is 12.5. The van der Waals surface area contributed by atoms with Crippen molar-refractivity contribution in [2.75, 3.05) is 0 Å². The standard InChI is InChI=1S/C24H38OSi2/c1-19(2)15-21-11-9-13-23(17-21)26(5,6)25-27(7,8)24-14-10-12-22(18-24)16-20(3)4/h9-14,17-20H,15-16H2,1-8H3. The van der Waals surface area contributed by atoms with Gasteiger partial charge < -0.3 is 4.12 Å². The Morgan fingerprint density at radius 3 is 1.37 bits per heavy atom. The lowest BCUT2D eigenvalue weighted by atomic mass is 10.0. The van der Waals surface area contributed by atoms with Gasteiger partial charge in [0.1, 0.15) is 0 Å². The van der Waals surface area contributed by atoms with Gasteiger partial charge in [0.15, 0.2) is 0 Å². The smallest absolute Gasteiger partial charge is 0.206 e. The monoisotopic (exact) mass is 398 g/mol. The summed E-state index contributed by atoms with van der Waals surface area (Å²) in [5.41, 5.74) is 2.87. The largest absolute Gasteiger partial charge is 0.449 e. The van der Waals surface area contributed by atoms with Crippen LogP contribution in [-0.4, -0.2) is 16.6 Å². The van der Waals surface area contributed by atoms with Crippen molar-refractivity contribution in [3.05, 3.63) is 59.7 Å². The maximum absolute atomic E-state index is 7.00. The second kappa shape index (κ2) is 8.89. The van der Waals surface area contributed by atoms with E-state index in [9.17, 15) is 0 Å². The second-order valence-electron chi connectivity index (χ2n) is 9.72. The Labute approximate surface area is 169 Å². The molecule has 0 aliphatic rings. The summed E-state index contributed by atoms with van der Waals surface area (Å²) in [6, 6.07) is 18.3. The molecule has 0 aromatic heterocycles. The molecule has 0 bridgehead atoms. The van der Waals surface area contributed by atoms with Crippen LogP contribution in [-0.2, 0) is 17.0 Å². The topological polar surface area (TPSA) is 9.23 Å². The van der Waals surface area contributed by atoms with Crippen LogP contribution in [0.15, 0.2) is 48.5 Å². The number of hydrogen-bond acceptors (Lipinski definition) is 1. The van der Waals surface area contributed by atoms with Crippen LogP contribution in [0.5, 0.6) is 0 Å². The predicted octanol–water partition coefficient (Wildman–Crippen LogP) is 5.62. The molecule has 0 unspecified atom stereocenters. The van der Waals surface area contributed by atoms with Crippen LogP contribution in [0.2, 0.25) is 26.2 Å². The highest BCUT2D eigenvalue weighted by Gasteiger charge is 2.36. The van der Waals surface area contributed by atoms with Gasteiger partial charge in [-0.05, 0) is 72.4 Å². The van der Waals surface area contributed by atoms with Crippen molar-refractivity contribution in [3.63, 3.8) is 0 Å². The molecule has 0 saturated carbocycles. The van der Waals surface area contributed by atoms with Crippen LogP contribution in [0.3, 0.4) is 0 Å². The first-order valence-electron chi connectivity index (χ1n) is 10.4. The van der Waals surface area contributed by atoms with E-state index in [0.717, 1.165) is 12.8 Å². The lowest BCUT2D eigenvalue weighted by Crippen LogP contribution is -2.57. The summed E-state index contributed by atoms with van der Waals surface area (Å²) >= 11 is 0. The highest BCUT2D eigenvalue weighted by Crippen LogP contribution is 2.18. The molecule has 148 valence electrons. The van der Waals surface area contributed by atoms with Gasteiger partial charge in [-0.2, -0.15) is 0 Å². The third-order valence-electron chi connectivity index (χ3n) is 5.04. The zero-order valence-electron chi connectivity index (χ0n) is 18.6. The van der Waals surface area contributed by atoms with E-state index in [2.05, 4.69) is 102 Å². The molecule has 0 radical (unpaired) electrons. The van der Waals surface area contributed by atoms with E-state index >= 15 is 0 Å². The molecule has 3 heteroatoms. The molecular formula is C24H38OSi2. The minimum absolute atomic E-state index is 0.681. The van der Waals surface area contributed by atoms with Crippen LogP contribution >= 0.6 is 0 Å². The van der Waals surface area contributed by atoms with E-state index in [0.29, 0.717) is 11.8 Å². The van der Waals surface area contributed by atoms with Crippen LogP contribution < -0.4 is 10.4 Å². The van der Waals surface area contributed by atoms with Crippen LogP contribution in [0.1, 0.15) is 38.8 Å². The average Bonchev–Trinajstić information content (AvgIpc) is 2.53. The molecule has 0 aliphatic carbocycles. The lowest BCUT2D eigenvalue weighted by molar-refractivity contribution is 0.572. The molecule has 0 amide bonds. The summed E-state index contributed by atoms with van der Waals surface area (Å²) < 4.78 is 7.00. The molecule has 2 aromatic carbocycles. The van der Waals surface area contributed by atoms with E-state index in [1.165, 1.54) is 21.5 Å². The summed E-state index contributed by atoms with van der Waals surface area (Å²) in [5, 5.41) is 2.83. The Kier molecular flexibility index (Phi) is 7.29. The van der Waals surface area contributed by atoms with Crippen molar-refractivity contribution in [2.45, 2.75) is 66.7 Å². The van der Waals surface area contributed by atoms with Gasteiger partial charge in [0.25, 0.3) is 0 Å². The van der Waals surface area contributed by atoms with Crippen LogP contribution in [0.4, 0.5) is 0 Å². The normalized spacial score (nSPS) is 12.8. The van der Waals surface area contributed by atoms with E-state index < -0.39 is 16.6 Å². The van der Waals surface area contributed by atoms with E-state index in [-0.39, 0.29) is 0 Å². The molecule has 0 heterocycles. The Balaban J connectivity index is 2.25. The molecule has 0 N–H and O–H groups in total. The van der Waals surface area contributed by atoms with E-state index in [1.54, 1.807) is 0 Å².